The third-order valence-corrected chi connectivity index (χ3v) is 6.02. The number of rotatable bonds is 8. The second-order valence-corrected chi connectivity index (χ2v) is 8.95. The average molecular weight is 468 g/mol. The van der Waals surface area contributed by atoms with Gasteiger partial charge in [-0.15, -0.1) is 0 Å². The van der Waals surface area contributed by atoms with Gasteiger partial charge >= 0.3 is 5.97 Å². The first-order valence-electron chi connectivity index (χ1n) is 11.5. The van der Waals surface area contributed by atoms with Crippen LogP contribution in [0.5, 0.6) is 5.88 Å². The minimum atomic E-state index is -0.954. The molecule has 0 saturated carbocycles. The zero-order valence-corrected chi connectivity index (χ0v) is 20.1. The number of amides is 1. The van der Waals surface area contributed by atoms with Crippen molar-refractivity contribution < 1.29 is 24.5 Å². The maximum atomic E-state index is 13.4. The minimum absolute atomic E-state index is 0.0316. The van der Waals surface area contributed by atoms with Crippen molar-refractivity contribution in [2.24, 2.45) is 5.92 Å². The van der Waals surface area contributed by atoms with Crippen molar-refractivity contribution in [2.75, 3.05) is 26.7 Å². The van der Waals surface area contributed by atoms with E-state index < -0.39 is 5.97 Å². The lowest BCUT2D eigenvalue weighted by Crippen LogP contribution is -2.49. The van der Waals surface area contributed by atoms with E-state index >= 15 is 0 Å². The van der Waals surface area contributed by atoms with Crippen LogP contribution in [0.15, 0.2) is 42.6 Å². The van der Waals surface area contributed by atoms with E-state index in [-0.39, 0.29) is 42.0 Å². The van der Waals surface area contributed by atoms with Gasteiger partial charge in [-0.1, -0.05) is 31.2 Å². The number of likely N-dealkylation sites (N-methyl/N-ethyl adjacent to an activating group) is 1. The number of carboxylic acids is 1. The van der Waals surface area contributed by atoms with Gasteiger partial charge in [0, 0.05) is 31.7 Å². The summed E-state index contributed by atoms with van der Waals surface area (Å²) >= 11 is 0. The zero-order chi connectivity index (χ0) is 24.8. The standard InChI is InChI=1S/C26H33N3O5/c1-5-7-19-11-22-24(27-12-19)34-23(17(2)13-29(25(22)31)18(3)16-30)15-28(4)14-20-8-6-9-21(10-20)26(32)33/h5-12,17-18,23,30H,13-16H2,1-4H3,(H,32,33)/t17-,18-,23-/m1/s1. The van der Waals surface area contributed by atoms with E-state index in [0.29, 0.717) is 25.2 Å². The molecular formula is C26H33N3O5. The normalized spacial score (nSPS) is 19.5. The van der Waals surface area contributed by atoms with E-state index in [4.69, 9.17) is 4.74 Å². The van der Waals surface area contributed by atoms with Gasteiger partial charge in [-0.25, -0.2) is 9.78 Å². The van der Waals surface area contributed by atoms with Gasteiger partial charge in [0.25, 0.3) is 5.91 Å². The monoisotopic (exact) mass is 467 g/mol. The van der Waals surface area contributed by atoms with Crippen molar-refractivity contribution in [3.05, 3.63) is 64.9 Å². The SMILES string of the molecule is CC=Cc1cnc2c(c1)C(=O)N([C@H](C)CO)C[C@@H](C)[C@@H](CN(C)Cc1cccc(C(=O)O)c1)O2. The Labute approximate surface area is 200 Å². The molecule has 1 amide bonds. The Bertz CT molecular complexity index is 1050. The van der Waals surface area contributed by atoms with E-state index in [1.807, 2.05) is 46.0 Å². The lowest BCUT2D eigenvalue weighted by atomic mass is 9.99. The summed E-state index contributed by atoms with van der Waals surface area (Å²) in [6, 6.07) is 8.31. The number of ether oxygens (including phenoxy) is 1. The van der Waals surface area contributed by atoms with Crippen LogP contribution in [0.4, 0.5) is 0 Å². The van der Waals surface area contributed by atoms with E-state index in [2.05, 4.69) is 9.88 Å². The molecule has 0 bridgehead atoms. The molecule has 1 aromatic heterocycles. The molecule has 0 aliphatic carbocycles. The summed E-state index contributed by atoms with van der Waals surface area (Å²) in [5, 5.41) is 19.0. The number of aromatic nitrogens is 1. The highest BCUT2D eigenvalue weighted by molar-refractivity contribution is 5.97. The summed E-state index contributed by atoms with van der Waals surface area (Å²) in [5.74, 6) is -0.911. The molecule has 0 unspecified atom stereocenters. The highest BCUT2D eigenvalue weighted by Gasteiger charge is 2.34. The van der Waals surface area contributed by atoms with Crippen molar-refractivity contribution in [2.45, 2.75) is 39.5 Å². The molecule has 8 nitrogen and oxygen atoms in total. The van der Waals surface area contributed by atoms with Gasteiger partial charge in [0.1, 0.15) is 11.7 Å². The number of nitrogens with zero attached hydrogens (tertiary/aromatic N) is 3. The molecule has 2 heterocycles. The molecule has 34 heavy (non-hydrogen) atoms. The van der Waals surface area contributed by atoms with Gasteiger partial charge in [-0.2, -0.15) is 0 Å². The zero-order valence-electron chi connectivity index (χ0n) is 20.1. The average Bonchev–Trinajstić information content (AvgIpc) is 2.81. The summed E-state index contributed by atoms with van der Waals surface area (Å²) < 4.78 is 6.30. The molecule has 8 heteroatoms. The number of aromatic carboxylic acids is 1. The number of fused-ring (bicyclic) bond motifs is 1. The first-order valence-corrected chi connectivity index (χ1v) is 11.5. The second-order valence-electron chi connectivity index (χ2n) is 8.95. The van der Waals surface area contributed by atoms with Crippen molar-refractivity contribution in [3.8, 4) is 5.88 Å². The number of carbonyl (C=O) groups excluding carboxylic acids is 1. The van der Waals surface area contributed by atoms with Crippen LogP contribution in [0.25, 0.3) is 6.08 Å². The molecule has 1 aliphatic rings. The quantitative estimate of drug-likeness (QED) is 0.615. The van der Waals surface area contributed by atoms with Gasteiger partial charge in [-0.05, 0) is 50.2 Å². The van der Waals surface area contributed by atoms with Crippen LogP contribution in [-0.4, -0.2) is 75.8 Å². The number of pyridine rings is 1. The summed E-state index contributed by atoms with van der Waals surface area (Å²) in [7, 11) is 1.95. The van der Waals surface area contributed by atoms with Crippen molar-refractivity contribution >= 4 is 18.0 Å². The van der Waals surface area contributed by atoms with Crippen LogP contribution in [0.1, 0.15) is 52.6 Å². The molecule has 1 aliphatic heterocycles. The Morgan fingerprint density at radius 1 is 1.38 bits per heavy atom. The smallest absolute Gasteiger partial charge is 0.335 e. The third kappa shape index (κ3) is 6.01. The molecular weight excluding hydrogens is 434 g/mol. The number of carbonyl (C=O) groups is 2. The Kier molecular flexibility index (Phi) is 8.41. The van der Waals surface area contributed by atoms with Gasteiger partial charge in [0.15, 0.2) is 0 Å². The fourth-order valence-corrected chi connectivity index (χ4v) is 4.11. The highest BCUT2D eigenvalue weighted by Crippen LogP contribution is 2.28. The Morgan fingerprint density at radius 3 is 2.82 bits per heavy atom. The molecule has 0 spiro atoms. The van der Waals surface area contributed by atoms with Crippen molar-refractivity contribution in [1.82, 2.24) is 14.8 Å². The number of aliphatic hydroxyl groups is 1. The number of carboxylic acid groups (broad SMARTS) is 1. The molecule has 3 atom stereocenters. The molecule has 182 valence electrons. The second kappa shape index (κ2) is 11.3. The van der Waals surface area contributed by atoms with Crippen LogP contribution in [0.3, 0.4) is 0 Å². The number of hydrogen-bond donors (Lipinski definition) is 2. The number of benzene rings is 1. The molecule has 2 aromatic rings. The summed E-state index contributed by atoms with van der Waals surface area (Å²) in [4.78, 5) is 32.9. The molecule has 0 radical (unpaired) electrons. The van der Waals surface area contributed by atoms with Crippen LogP contribution >= 0.6 is 0 Å². The number of aliphatic hydroxyl groups excluding tert-OH is 1. The van der Waals surface area contributed by atoms with Crippen LogP contribution in [-0.2, 0) is 6.54 Å². The number of hydrogen-bond acceptors (Lipinski definition) is 6. The topological polar surface area (TPSA) is 103 Å². The summed E-state index contributed by atoms with van der Waals surface area (Å²) in [6.45, 7) is 7.13. The fraction of sp³-hybridized carbons (Fsp3) is 0.423. The lowest BCUT2D eigenvalue weighted by Gasteiger charge is -2.37. The summed E-state index contributed by atoms with van der Waals surface area (Å²) in [6.07, 6.45) is 5.16. The summed E-state index contributed by atoms with van der Waals surface area (Å²) in [5.41, 5.74) is 2.32. The predicted octanol–water partition coefficient (Wildman–Crippen LogP) is 3.17. The maximum absolute atomic E-state index is 13.4. The molecule has 2 N–H and O–H groups in total. The van der Waals surface area contributed by atoms with Gasteiger partial charge in [0.2, 0.25) is 5.88 Å². The van der Waals surface area contributed by atoms with Crippen molar-refractivity contribution in [3.63, 3.8) is 0 Å². The van der Waals surface area contributed by atoms with Crippen LogP contribution in [0, 0.1) is 5.92 Å². The fourth-order valence-electron chi connectivity index (χ4n) is 4.11. The first-order chi connectivity index (χ1) is 16.2. The van der Waals surface area contributed by atoms with Crippen LogP contribution in [0.2, 0.25) is 0 Å². The minimum Gasteiger partial charge on any atom is -0.478 e. The third-order valence-electron chi connectivity index (χ3n) is 6.02. The van der Waals surface area contributed by atoms with E-state index in [9.17, 15) is 19.8 Å². The van der Waals surface area contributed by atoms with Gasteiger partial charge in [0.05, 0.1) is 18.2 Å². The van der Waals surface area contributed by atoms with Crippen molar-refractivity contribution in [1.29, 1.82) is 0 Å². The largest absolute Gasteiger partial charge is 0.478 e. The molecule has 1 aromatic carbocycles. The predicted molar refractivity (Wildman–Crippen MR) is 130 cm³/mol. The number of allylic oxidation sites excluding steroid dienone is 1. The lowest BCUT2D eigenvalue weighted by molar-refractivity contribution is 0.0325. The van der Waals surface area contributed by atoms with E-state index in [1.165, 1.54) is 0 Å². The van der Waals surface area contributed by atoms with E-state index in [1.54, 1.807) is 35.4 Å². The molecule has 0 saturated heterocycles. The Hall–Kier alpha value is -3.23. The molecule has 3 rings (SSSR count). The van der Waals surface area contributed by atoms with Crippen LogP contribution < -0.4 is 4.74 Å². The highest BCUT2D eigenvalue weighted by atomic mass is 16.5. The molecule has 0 fully saturated rings. The maximum Gasteiger partial charge on any atom is 0.335 e. The Morgan fingerprint density at radius 2 is 2.15 bits per heavy atom. The first kappa shape index (κ1) is 25.4. The van der Waals surface area contributed by atoms with Gasteiger partial charge < -0.3 is 19.8 Å². The van der Waals surface area contributed by atoms with Gasteiger partial charge in [-0.3, -0.25) is 9.69 Å². The Balaban J connectivity index is 1.87. The van der Waals surface area contributed by atoms with E-state index in [0.717, 1.165) is 11.1 Å².